The van der Waals surface area contributed by atoms with E-state index in [1.807, 2.05) is 0 Å². The number of hydrogen-bond donors (Lipinski definition) is 0. The van der Waals surface area contributed by atoms with Gasteiger partial charge in [-0.05, 0) is 18.1 Å². The molecule has 0 unspecified atom stereocenters. The van der Waals surface area contributed by atoms with Crippen LogP contribution in [0.25, 0.3) is 0 Å². The van der Waals surface area contributed by atoms with Gasteiger partial charge in [0.05, 0.1) is 12.5 Å². The number of ketones is 1. The predicted octanol–water partition coefficient (Wildman–Crippen LogP) is 0.782. The first-order valence-electron chi connectivity index (χ1n) is 6.26. The molecule has 1 fully saturated rings. The summed E-state index contributed by atoms with van der Waals surface area (Å²) in [6, 6.07) is 1.05. The standard InChI is InChI=1S/C14H15N3O4/c1-4-9(11(18)7-8-15)5-6-10-12(19)16(2)14(21)17(3)13(10)20/h5-6H,4,7H2,1-3H3. The summed E-state index contributed by atoms with van der Waals surface area (Å²) < 4.78 is 0. The summed E-state index contributed by atoms with van der Waals surface area (Å²) in [5.41, 5.74) is 0.141. The average Bonchev–Trinajstić information content (AvgIpc) is 2.47. The molecule has 4 amide bonds. The highest BCUT2D eigenvalue weighted by atomic mass is 16.2. The molecule has 1 aliphatic heterocycles. The van der Waals surface area contributed by atoms with Gasteiger partial charge in [-0.15, -0.1) is 0 Å². The fourth-order valence-electron chi connectivity index (χ4n) is 1.77. The van der Waals surface area contributed by atoms with E-state index in [1.165, 1.54) is 26.2 Å². The normalized spacial score (nSPS) is 16.2. The van der Waals surface area contributed by atoms with Gasteiger partial charge in [-0.1, -0.05) is 13.0 Å². The lowest BCUT2D eigenvalue weighted by molar-refractivity contribution is -0.134. The van der Waals surface area contributed by atoms with Gasteiger partial charge >= 0.3 is 6.03 Å². The number of nitriles is 1. The van der Waals surface area contributed by atoms with Gasteiger partial charge < -0.3 is 0 Å². The van der Waals surface area contributed by atoms with Gasteiger partial charge in [0.1, 0.15) is 5.57 Å². The Balaban J connectivity index is 3.15. The van der Waals surface area contributed by atoms with Crippen molar-refractivity contribution in [3.63, 3.8) is 0 Å². The minimum absolute atomic E-state index is 0.199. The highest BCUT2D eigenvalue weighted by Gasteiger charge is 2.37. The molecule has 0 N–H and O–H groups in total. The summed E-state index contributed by atoms with van der Waals surface area (Å²) in [7, 11) is 2.54. The molecule has 1 aliphatic rings. The fraction of sp³-hybridized carbons (Fsp3) is 0.357. The predicted molar refractivity (Wildman–Crippen MR) is 72.6 cm³/mol. The van der Waals surface area contributed by atoms with E-state index < -0.39 is 17.8 Å². The molecule has 1 saturated heterocycles. The summed E-state index contributed by atoms with van der Waals surface area (Å²) in [4.78, 5) is 48.7. The Morgan fingerprint density at radius 2 is 1.71 bits per heavy atom. The first-order chi connectivity index (χ1) is 9.84. The van der Waals surface area contributed by atoms with E-state index in [0.717, 1.165) is 9.80 Å². The molecule has 110 valence electrons. The number of allylic oxidation sites excluding steroid dienone is 3. The number of nitrogens with zero attached hydrogens (tertiary/aromatic N) is 3. The second-order valence-corrected chi connectivity index (χ2v) is 4.39. The molecular formula is C14H15N3O4. The zero-order valence-electron chi connectivity index (χ0n) is 12.0. The van der Waals surface area contributed by atoms with Gasteiger partial charge in [-0.3, -0.25) is 24.2 Å². The van der Waals surface area contributed by atoms with Crippen molar-refractivity contribution in [3.05, 3.63) is 23.3 Å². The topological polar surface area (TPSA) is 98.6 Å². The van der Waals surface area contributed by atoms with Crippen molar-refractivity contribution >= 4 is 23.6 Å². The van der Waals surface area contributed by atoms with Crippen molar-refractivity contribution in [1.82, 2.24) is 9.80 Å². The monoisotopic (exact) mass is 289 g/mol. The van der Waals surface area contributed by atoms with E-state index in [4.69, 9.17) is 5.26 Å². The van der Waals surface area contributed by atoms with E-state index >= 15 is 0 Å². The summed E-state index contributed by atoms with van der Waals surface area (Å²) in [6.45, 7) is 1.73. The van der Waals surface area contributed by atoms with E-state index in [0.29, 0.717) is 12.0 Å². The lowest BCUT2D eigenvalue weighted by atomic mass is 10.0. The molecule has 0 saturated carbocycles. The number of barbiturate groups is 1. The Morgan fingerprint density at radius 3 is 2.14 bits per heavy atom. The third-order valence-electron chi connectivity index (χ3n) is 3.07. The van der Waals surface area contributed by atoms with Crippen LogP contribution in [0.1, 0.15) is 19.8 Å². The first-order valence-corrected chi connectivity index (χ1v) is 6.26. The molecule has 0 spiro atoms. The molecule has 0 aromatic heterocycles. The molecule has 0 aliphatic carbocycles. The SMILES string of the molecule is CCC(=CC=C1C(=O)N(C)C(=O)N(C)C1=O)C(=O)CC#N. The van der Waals surface area contributed by atoms with Gasteiger partial charge in [-0.25, -0.2) is 4.79 Å². The number of urea groups is 1. The maximum atomic E-state index is 11.9. The minimum atomic E-state index is -0.720. The van der Waals surface area contributed by atoms with Crippen LogP contribution in [-0.4, -0.2) is 47.5 Å². The Morgan fingerprint density at radius 1 is 1.19 bits per heavy atom. The third kappa shape index (κ3) is 3.23. The summed E-state index contributed by atoms with van der Waals surface area (Å²) in [5, 5.41) is 8.51. The largest absolute Gasteiger partial charge is 0.333 e. The van der Waals surface area contributed by atoms with Crippen LogP contribution >= 0.6 is 0 Å². The van der Waals surface area contributed by atoms with E-state index in [-0.39, 0.29) is 17.8 Å². The zero-order valence-corrected chi connectivity index (χ0v) is 12.0. The summed E-state index contributed by atoms with van der Waals surface area (Å²) >= 11 is 0. The first kappa shape index (κ1) is 16.3. The van der Waals surface area contributed by atoms with Gasteiger partial charge in [0.25, 0.3) is 11.8 Å². The quantitative estimate of drug-likeness (QED) is 0.562. The van der Waals surface area contributed by atoms with Gasteiger partial charge in [0.2, 0.25) is 0 Å². The molecule has 0 radical (unpaired) electrons. The van der Waals surface area contributed by atoms with Crippen LogP contribution < -0.4 is 0 Å². The molecule has 7 nitrogen and oxygen atoms in total. The number of imide groups is 2. The molecule has 1 rings (SSSR count). The summed E-state index contributed by atoms with van der Waals surface area (Å²) in [6.07, 6.45) is 2.68. The zero-order chi connectivity index (χ0) is 16.2. The van der Waals surface area contributed by atoms with Crippen molar-refractivity contribution in [2.45, 2.75) is 19.8 Å². The number of carbonyl (C=O) groups excluding carboxylic acids is 4. The second kappa shape index (κ2) is 6.61. The molecule has 21 heavy (non-hydrogen) atoms. The van der Waals surface area contributed by atoms with Crippen molar-refractivity contribution in [2.24, 2.45) is 0 Å². The smallest absolute Gasteiger partial charge is 0.293 e. The van der Waals surface area contributed by atoms with Crippen molar-refractivity contribution < 1.29 is 19.2 Å². The van der Waals surface area contributed by atoms with Crippen LogP contribution in [0.15, 0.2) is 23.3 Å². The van der Waals surface area contributed by atoms with Crippen LogP contribution in [0.3, 0.4) is 0 Å². The number of Topliss-reactive ketones (excluding diaryl/α,β-unsaturated/α-hetero) is 1. The second-order valence-electron chi connectivity index (χ2n) is 4.39. The number of amides is 4. The molecule has 0 aromatic carbocycles. The van der Waals surface area contributed by atoms with Crippen LogP contribution in [0.4, 0.5) is 4.79 Å². The lowest BCUT2D eigenvalue weighted by Gasteiger charge is -2.28. The highest BCUT2D eigenvalue weighted by molar-refractivity contribution is 6.28. The maximum absolute atomic E-state index is 11.9. The average molecular weight is 289 g/mol. The number of rotatable bonds is 4. The van der Waals surface area contributed by atoms with Gasteiger partial charge in [-0.2, -0.15) is 5.26 Å². The molecule has 1 heterocycles. The minimum Gasteiger partial charge on any atom is -0.293 e. The van der Waals surface area contributed by atoms with Crippen LogP contribution in [0, 0.1) is 11.3 Å². The number of hydrogen-bond acceptors (Lipinski definition) is 5. The summed E-state index contributed by atoms with van der Waals surface area (Å²) in [5.74, 6) is -1.80. The van der Waals surface area contributed by atoms with E-state index in [2.05, 4.69) is 0 Å². The van der Waals surface area contributed by atoms with E-state index in [1.54, 1.807) is 13.0 Å². The Hall–Kier alpha value is -2.75. The lowest BCUT2D eigenvalue weighted by Crippen LogP contribution is -2.53. The van der Waals surface area contributed by atoms with E-state index in [9.17, 15) is 19.2 Å². The molecule has 0 aromatic rings. The Kier molecular flexibility index (Phi) is 5.13. The van der Waals surface area contributed by atoms with Gasteiger partial charge in [0.15, 0.2) is 5.78 Å². The Labute approximate surface area is 122 Å². The third-order valence-corrected chi connectivity index (χ3v) is 3.07. The van der Waals surface area contributed by atoms with Crippen LogP contribution in [0.5, 0.6) is 0 Å². The van der Waals surface area contributed by atoms with Gasteiger partial charge in [0, 0.05) is 14.1 Å². The van der Waals surface area contributed by atoms with Crippen LogP contribution in [0.2, 0.25) is 0 Å². The molecule has 0 bridgehead atoms. The Bertz CT molecular complexity index is 584. The highest BCUT2D eigenvalue weighted by Crippen LogP contribution is 2.15. The van der Waals surface area contributed by atoms with Crippen LogP contribution in [-0.2, 0) is 14.4 Å². The number of likely N-dealkylation sites (N-methyl/N-ethyl adjacent to an activating group) is 2. The molecule has 7 heteroatoms. The van der Waals surface area contributed by atoms with Crippen molar-refractivity contribution in [1.29, 1.82) is 5.26 Å². The molecule has 0 atom stereocenters. The number of carbonyl (C=O) groups is 4. The van der Waals surface area contributed by atoms with Crippen molar-refractivity contribution in [2.75, 3.05) is 14.1 Å². The maximum Gasteiger partial charge on any atom is 0.333 e. The van der Waals surface area contributed by atoms with Crippen molar-refractivity contribution in [3.8, 4) is 6.07 Å². The molecular weight excluding hydrogens is 274 g/mol. The fourth-order valence-corrected chi connectivity index (χ4v) is 1.77.